The fraction of sp³-hybridized carbons (Fsp3) is 0.214. The Kier molecular flexibility index (Phi) is 8.05. The fourth-order valence-electron chi connectivity index (χ4n) is 1.63. The molecule has 0 aliphatic heterocycles. The molecule has 0 saturated carbocycles. The number of nitrogens with two attached hydrogens (primary N) is 1. The van der Waals surface area contributed by atoms with Crippen LogP contribution in [-0.4, -0.2) is 19.6 Å². The lowest BCUT2D eigenvalue weighted by molar-refractivity contribution is 0.415. The van der Waals surface area contributed by atoms with Gasteiger partial charge in [0.1, 0.15) is 5.75 Å². The minimum absolute atomic E-state index is 0. The van der Waals surface area contributed by atoms with Gasteiger partial charge in [-0.2, -0.15) is 0 Å². The summed E-state index contributed by atoms with van der Waals surface area (Å²) in [6.45, 7) is 0.669. The van der Waals surface area contributed by atoms with E-state index in [9.17, 15) is 0 Å². The molecule has 1 heterocycles. The number of halogens is 2. The monoisotopic (exact) mass is 481 g/mol. The van der Waals surface area contributed by atoms with Crippen LogP contribution >= 0.6 is 51.2 Å². The summed E-state index contributed by atoms with van der Waals surface area (Å²) < 4.78 is 6.24. The van der Waals surface area contributed by atoms with E-state index in [1.165, 1.54) is 4.88 Å². The number of nitrogens with one attached hydrogen (secondary N) is 1. The van der Waals surface area contributed by atoms with Crippen LogP contribution in [-0.2, 0) is 6.42 Å². The van der Waals surface area contributed by atoms with Crippen LogP contribution in [0.2, 0.25) is 0 Å². The normalized spacial score (nSPS) is 10.9. The zero-order valence-corrected chi connectivity index (χ0v) is 16.2. The molecule has 0 aliphatic carbocycles. The number of anilines is 1. The van der Waals surface area contributed by atoms with Crippen molar-refractivity contribution in [2.45, 2.75) is 6.42 Å². The highest BCUT2D eigenvalue weighted by molar-refractivity contribution is 14.0. The lowest BCUT2D eigenvalue weighted by atomic mass is 10.3. The third kappa shape index (κ3) is 6.23. The molecule has 1 aromatic heterocycles. The molecule has 0 bridgehead atoms. The van der Waals surface area contributed by atoms with E-state index in [0.29, 0.717) is 12.5 Å². The molecule has 0 radical (unpaired) electrons. The zero-order chi connectivity index (χ0) is 14.4. The van der Waals surface area contributed by atoms with Crippen LogP contribution in [0, 0.1) is 0 Å². The Morgan fingerprint density at radius 2 is 2.00 bits per heavy atom. The highest BCUT2D eigenvalue weighted by atomic mass is 127. The molecule has 2 aromatic rings. The smallest absolute Gasteiger partial charge is 0.193 e. The predicted octanol–water partition coefficient (Wildman–Crippen LogP) is 4.11. The van der Waals surface area contributed by atoms with E-state index in [4.69, 9.17) is 10.5 Å². The number of ether oxygens (including phenoxy) is 1. The Labute approximate surface area is 153 Å². The van der Waals surface area contributed by atoms with Crippen LogP contribution in [0.1, 0.15) is 4.88 Å². The number of guanidine groups is 1. The Morgan fingerprint density at radius 1 is 1.29 bits per heavy atom. The van der Waals surface area contributed by atoms with Crippen LogP contribution in [0.5, 0.6) is 5.75 Å². The average Bonchev–Trinajstić information content (AvgIpc) is 2.85. The molecule has 0 atom stereocenters. The van der Waals surface area contributed by atoms with Crippen molar-refractivity contribution in [2.75, 3.05) is 19.0 Å². The summed E-state index contributed by atoms with van der Waals surface area (Å²) >= 11 is 5.16. The van der Waals surface area contributed by atoms with Crippen LogP contribution in [0.3, 0.4) is 0 Å². The molecule has 0 amide bonds. The highest BCUT2D eigenvalue weighted by Crippen LogP contribution is 2.22. The second-order valence-corrected chi connectivity index (χ2v) is 6.62. The maximum absolute atomic E-state index is 5.85. The van der Waals surface area contributed by atoms with Crippen molar-refractivity contribution >= 4 is 62.9 Å². The van der Waals surface area contributed by atoms with E-state index < -0.39 is 0 Å². The Morgan fingerprint density at radius 3 is 2.57 bits per heavy atom. The molecule has 2 rings (SSSR count). The van der Waals surface area contributed by atoms with Crippen LogP contribution in [0.15, 0.2) is 45.2 Å². The topological polar surface area (TPSA) is 59.6 Å². The van der Waals surface area contributed by atoms with Gasteiger partial charge in [0, 0.05) is 23.5 Å². The molecule has 21 heavy (non-hydrogen) atoms. The van der Waals surface area contributed by atoms with Gasteiger partial charge >= 0.3 is 0 Å². The lowest BCUT2D eigenvalue weighted by Crippen LogP contribution is -2.23. The fourth-order valence-corrected chi connectivity index (χ4v) is 3.11. The third-order valence-electron chi connectivity index (χ3n) is 2.63. The number of benzene rings is 1. The lowest BCUT2D eigenvalue weighted by Gasteiger charge is -2.06. The summed E-state index contributed by atoms with van der Waals surface area (Å²) in [6, 6.07) is 11.7. The van der Waals surface area contributed by atoms with Gasteiger partial charge in [0.15, 0.2) is 5.96 Å². The van der Waals surface area contributed by atoms with Gasteiger partial charge in [0.2, 0.25) is 0 Å². The third-order valence-corrected chi connectivity index (χ3v) is 4.32. The van der Waals surface area contributed by atoms with Gasteiger partial charge in [0.25, 0.3) is 0 Å². The summed E-state index contributed by atoms with van der Waals surface area (Å²) in [6.07, 6.45) is 0.890. The molecule has 0 unspecified atom stereocenters. The summed E-state index contributed by atoms with van der Waals surface area (Å²) in [4.78, 5) is 5.60. The first kappa shape index (κ1) is 18.2. The first-order valence-electron chi connectivity index (χ1n) is 6.12. The van der Waals surface area contributed by atoms with Crippen LogP contribution < -0.4 is 15.8 Å². The predicted molar refractivity (Wildman–Crippen MR) is 104 cm³/mol. The Balaban J connectivity index is 0.00000220. The second-order valence-electron chi connectivity index (χ2n) is 4.08. The van der Waals surface area contributed by atoms with E-state index in [0.717, 1.165) is 21.6 Å². The van der Waals surface area contributed by atoms with Crippen molar-refractivity contribution in [3.8, 4) is 5.75 Å². The molecule has 114 valence electrons. The van der Waals surface area contributed by atoms with Crippen molar-refractivity contribution < 1.29 is 4.74 Å². The highest BCUT2D eigenvalue weighted by Gasteiger charge is 1.98. The van der Waals surface area contributed by atoms with Crippen LogP contribution in [0.25, 0.3) is 0 Å². The minimum Gasteiger partial charge on any atom is -0.497 e. The van der Waals surface area contributed by atoms with Crippen molar-refractivity contribution in [1.82, 2.24) is 0 Å². The molecule has 7 heteroatoms. The molecular formula is C14H17BrIN3OS. The van der Waals surface area contributed by atoms with Crippen molar-refractivity contribution in [3.63, 3.8) is 0 Å². The number of nitrogens with zero attached hydrogens (tertiary/aromatic N) is 1. The molecule has 0 saturated heterocycles. The standard InChI is InChI=1S/C14H16BrN3OS.HI/c1-19-11-4-2-10(3-5-11)18-14(16)17-9-8-12-6-7-13(15)20-12;/h2-7H,8-9H2,1H3,(H3,16,17,18);1H. The minimum atomic E-state index is 0. The van der Waals surface area contributed by atoms with Gasteiger partial charge in [-0.3, -0.25) is 4.99 Å². The number of hydrogen-bond donors (Lipinski definition) is 2. The van der Waals surface area contributed by atoms with Crippen LogP contribution in [0.4, 0.5) is 5.69 Å². The zero-order valence-electron chi connectivity index (χ0n) is 11.5. The molecule has 3 N–H and O–H groups in total. The number of hydrogen-bond acceptors (Lipinski definition) is 3. The number of rotatable bonds is 5. The molecule has 1 aromatic carbocycles. The summed E-state index contributed by atoms with van der Waals surface area (Å²) in [7, 11) is 1.64. The first-order valence-corrected chi connectivity index (χ1v) is 7.73. The molecular weight excluding hydrogens is 465 g/mol. The molecule has 0 spiro atoms. The Bertz CT molecular complexity index is 586. The number of thiophene rings is 1. The maximum atomic E-state index is 5.85. The van der Waals surface area contributed by atoms with E-state index in [-0.39, 0.29) is 24.0 Å². The number of methoxy groups -OCH3 is 1. The van der Waals surface area contributed by atoms with Gasteiger partial charge in [-0.1, -0.05) is 0 Å². The SMILES string of the molecule is COc1ccc(NC(N)=NCCc2ccc(Br)s2)cc1.I. The van der Waals surface area contributed by atoms with Crippen molar-refractivity contribution in [2.24, 2.45) is 10.7 Å². The van der Waals surface area contributed by atoms with Gasteiger partial charge in [-0.05, 0) is 52.3 Å². The van der Waals surface area contributed by atoms with E-state index in [1.807, 2.05) is 30.3 Å². The Hall–Kier alpha value is -0.800. The molecule has 4 nitrogen and oxygen atoms in total. The van der Waals surface area contributed by atoms with Crippen molar-refractivity contribution in [3.05, 3.63) is 45.1 Å². The summed E-state index contributed by atoms with van der Waals surface area (Å²) in [5, 5.41) is 3.05. The van der Waals surface area contributed by atoms with E-state index in [2.05, 4.69) is 32.3 Å². The van der Waals surface area contributed by atoms with Gasteiger partial charge in [0.05, 0.1) is 10.9 Å². The first-order chi connectivity index (χ1) is 9.67. The van der Waals surface area contributed by atoms with Crippen molar-refractivity contribution in [1.29, 1.82) is 0 Å². The second kappa shape index (κ2) is 9.26. The number of aliphatic imine (C=N–C) groups is 1. The average molecular weight is 482 g/mol. The van der Waals surface area contributed by atoms with E-state index >= 15 is 0 Å². The quantitative estimate of drug-likeness (QED) is 0.384. The van der Waals surface area contributed by atoms with Gasteiger partial charge < -0.3 is 15.8 Å². The summed E-state index contributed by atoms with van der Waals surface area (Å²) in [5.41, 5.74) is 6.74. The van der Waals surface area contributed by atoms with Gasteiger partial charge in [-0.25, -0.2) is 0 Å². The molecule has 0 aliphatic rings. The summed E-state index contributed by atoms with van der Waals surface area (Å²) in [5.74, 6) is 1.24. The largest absolute Gasteiger partial charge is 0.497 e. The maximum Gasteiger partial charge on any atom is 0.193 e. The van der Waals surface area contributed by atoms with Gasteiger partial charge in [-0.15, -0.1) is 35.3 Å². The van der Waals surface area contributed by atoms with E-state index in [1.54, 1.807) is 18.4 Å². The molecule has 0 fully saturated rings.